The molecular formula is C16H17ClN6O2S. The molecule has 2 N–H and O–H groups in total. The van der Waals surface area contributed by atoms with E-state index in [1.165, 1.54) is 6.07 Å². The quantitative estimate of drug-likeness (QED) is 0.596. The maximum absolute atomic E-state index is 12.4. The highest BCUT2D eigenvalue weighted by Gasteiger charge is 2.17. The molecule has 0 aliphatic rings. The van der Waals surface area contributed by atoms with E-state index >= 15 is 0 Å². The van der Waals surface area contributed by atoms with Crippen LogP contribution in [-0.4, -0.2) is 41.5 Å². The van der Waals surface area contributed by atoms with Crippen LogP contribution in [0.5, 0.6) is 0 Å². The van der Waals surface area contributed by atoms with Gasteiger partial charge in [0.1, 0.15) is 5.82 Å². The zero-order valence-electron chi connectivity index (χ0n) is 13.9. The number of rotatable bonds is 7. The lowest BCUT2D eigenvalue weighted by atomic mass is 10.2. The maximum Gasteiger partial charge on any atom is 0.240 e. The molecule has 2 heterocycles. The van der Waals surface area contributed by atoms with Crippen molar-refractivity contribution in [3.05, 3.63) is 59.4 Å². The summed E-state index contributed by atoms with van der Waals surface area (Å²) in [6.07, 6.45) is 3.42. The lowest BCUT2D eigenvalue weighted by molar-refractivity contribution is 0.582. The van der Waals surface area contributed by atoms with Gasteiger partial charge in [-0.1, -0.05) is 17.7 Å². The molecule has 0 radical (unpaired) electrons. The van der Waals surface area contributed by atoms with Gasteiger partial charge >= 0.3 is 0 Å². The van der Waals surface area contributed by atoms with E-state index in [2.05, 4.69) is 25.3 Å². The predicted molar refractivity (Wildman–Crippen MR) is 99.0 cm³/mol. The number of hydrogen-bond acceptors (Lipinski definition) is 6. The van der Waals surface area contributed by atoms with Crippen molar-refractivity contribution in [2.75, 3.05) is 18.4 Å². The van der Waals surface area contributed by atoms with Crippen LogP contribution in [0.15, 0.2) is 53.7 Å². The van der Waals surface area contributed by atoms with Crippen LogP contribution in [0.4, 0.5) is 5.82 Å². The number of sulfonamides is 1. The summed E-state index contributed by atoms with van der Waals surface area (Å²) >= 11 is 5.99. The summed E-state index contributed by atoms with van der Waals surface area (Å²) in [5.74, 6) is 1.14. The topological polar surface area (TPSA) is 102 Å². The highest BCUT2D eigenvalue weighted by molar-refractivity contribution is 7.89. The van der Waals surface area contributed by atoms with Gasteiger partial charge in [0.25, 0.3) is 0 Å². The minimum atomic E-state index is -3.63. The van der Waals surface area contributed by atoms with Crippen LogP contribution < -0.4 is 10.0 Å². The Labute approximate surface area is 156 Å². The van der Waals surface area contributed by atoms with E-state index in [1.807, 2.05) is 0 Å². The minimum Gasteiger partial charge on any atom is -0.367 e. The molecule has 3 rings (SSSR count). The van der Waals surface area contributed by atoms with E-state index < -0.39 is 10.0 Å². The molecule has 26 heavy (non-hydrogen) atoms. The van der Waals surface area contributed by atoms with E-state index in [0.29, 0.717) is 28.8 Å². The Morgan fingerprint density at radius 3 is 2.65 bits per heavy atom. The monoisotopic (exact) mass is 392 g/mol. The van der Waals surface area contributed by atoms with Crippen molar-refractivity contribution in [1.82, 2.24) is 24.7 Å². The summed E-state index contributed by atoms with van der Waals surface area (Å²) in [5, 5.41) is 15.6. The first kappa shape index (κ1) is 18.3. The van der Waals surface area contributed by atoms with E-state index in [9.17, 15) is 8.42 Å². The SMILES string of the molecule is Cc1c(Cl)cccc1S(=O)(=O)NCCNc1ccc(-n2cccn2)nn1. The first-order chi connectivity index (χ1) is 12.5. The molecule has 0 aliphatic carbocycles. The second kappa shape index (κ2) is 7.81. The van der Waals surface area contributed by atoms with Gasteiger partial charge in [0.05, 0.1) is 4.90 Å². The molecule has 0 atom stereocenters. The van der Waals surface area contributed by atoms with Gasteiger partial charge in [0.15, 0.2) is 5.82 Å². The highest BCUT2D eigenvalue weighted by atomic mass is 35.5. The molecule has 1 aromatic carbocycles. The molecule has 8 nitrogen and oxygen atoms in total. The minimum absolute atomic E-state index is 0.174. The van der Waals surface area contributed by atoms with E-state index in [1.54, 1.807) is 54.3 Å². The second-order valence-electron chi connectivity index (χ2n) is 5.41. The van der Waals surface area contributed by atoms with Gasteiger partial charge < -0.3 is 5.32 Å². The third-order valence-corrected chi connectivity index (χ3v) is 5.64. The summed E-state index contributed by atoms with van der Waals surface area (Å²) in [5.41, 5.74) is 0.523. The van der Waals surface area contributed by atoms with Crippen molar-refractivity contribution in [3.63, 3.8) is 0 Å². The fourth-order valence-electron chi connectivity index (χ4n) is 2.28. The Balaban J connectivity index is 1.54. The van der Waals surface area contributed by atoms with Crippen molar-refractivity contribution >= 4 is 27.4 Å². The molecule has 0 unspecified atom stereocenters. The van der Waals surface area contributed by atoms with E-state index in [0.717, 1.165) is 0 Å². The molecule has 0 aliphatic heterocycles. The number of aromatic nitrogens is 4. The molecule has 136 valence electrons. The third-order valence-electron chi connectivity index (χ3n) is 3.62. The Morgan fingerprint density at radius 1 is 1.12 bits per heavy atom. The molecule has 0 fully saturated rings. The summed E-state index contributed by atoms with van der Waals surface area (Å²) < 4.78 is 28.8. The van der Waals surface area contributed by atoms with Gasteiger partial charge in [-0.05, 0) is 42.8 Å². The lowest BCUT2D eigenvalue weighted by Gasteiger charge is -2.11. The van der Waals surface area contributed by atoms with Gasteiger partial charge in [0.2, 0.25) is 10.0 Å². The Bertz CT molecular complexity index is 974. The largest absolute Gasteiger partial charge is 0.367 e. The average molecular weight is 393 g/mol. The molecule has 2 aromatic heterocycles. The number of halogens is 1. The summed E-state index contributed by atoms with van der Waals surface area (Å²) in [7, 11) is -3.63. The molecule has 10 heteroatoms. The van der Waals surface area contributed by atoms with Crippen molar-refractivity contribution in [2.45, 2.75) is 11.8 Å². The maximum atomic E-state index is 12.4. The van der Waals surface area contributed by atoms with Crippen LogP contribution in [0.1, 0.15) is 5.56 Å². The van der Waals surface area contributed by atoms with Gasteiger partial charge in [-0.25, -0.2) is 17.8 Å². The zero-order valence-corrected chi connectivity index (χ0v) is 15.5. The van der Waals surface area contributed by atoms with Crippen LogP contribution in [0, 0.1) is 6.92 Å². The van der Waals surface area contributed by atoms with Gasteiger partial charge in [0, 0.05) is 30.5 Å². The Kier molecular flexibility index (Phi) is 5.50. The van der Waals surface area contributed by atoms with Crippen LogP contribution in [0.25, 0.3) is 5.82 Å². The van der Waals surface area contributed by atoms with Gasteiger partial charge in [-0.3, -0.25) is 0 Å². The molecule has 0 saturated carbocycles. The Morgan fingerprint density at radius 2 is 1.96 bits per heavy atom. The number of benzene rings is 1. The molecular weight excluding hydrogens is 376 g/mol. The van der Waals surface area contributed by atoms with E-state index in [4.69, 9.17) is 11.6 Å². The molecule has 3 aromatic rings. The number of nitrogens with zero attached hydrogens (tertiary/aromatic N) is 4. The van der Waals surface area contributed by atoms with Crippen LogP contribution in [0.3, 0.4) is 0 Å². The second-order valence-corrected chi connectivity index (χ2v) is 7.56. The van der Waals surface area contributed by atoms with Gasteiger partial charge in [-0.15, -0.1) is 10.2 Å². The Hall–Kier alpha value is -2.49. The summed E-state index contributed by atoms with van der Waals surface area (Å²) in [4.78, 5) is 0.174. The first-order valence-corrected chi connectivity index (χ1v) is 9.66. The zero-order chi connectivity index (χ0) is 18.6. The molecule has 0 spiro atoms. The standard InChI is InChI=1S/C16H17ClN6O2S/c1-12-13(17)4-2-5-14(12)26(24,25)20-10-9-18-15-6-7-16(22-21-15)23-11-3-8-19-23/h2-8,11,20H,9-10H2,1H3,(H,18,21). The fourth-order valence-corrected chi connectivity index (χ4v) is 3.81. The van der Waals surface area contributed by atoms with Crippen molar-refractivity contribution in [1.29, 1.82) is 0 Å². The van der Waals surface area contributed by atoms with E-state index in [-0.39, 0.29) is 11.4 Å². The smallest absolute Gasteiger partial charge is 0.240 e. The van der Waals surface area contributed by atoms with Crippen molar-refractivity contribution < 1.29 is 8.42 Å². The summed E-state index contributed by atoms with van der Waals surface area (Å²) in [6.45, 7) is 2.22. The van der Waals surface area contributed by atoms with Crippen LogP contribution in [-0.2, 0) is 10.0 Å². The van der Waals surface area contributed by atoms with Gasteiger partial charge in [-0.2, -0.15) is 5.10 Å². The third kappa shape index (κ3) is 4.18. The van der Waals surface area contributed by atoms with Crippen LogP contribution in [0.2, 0.25) is 5.02 Å². The normalized spacial score (nSPS) is 11.5. The highest BCUT2D eigenvalue weighted by Crippen LogP contribution is 2.22. The number of nitrogens with one attached hydrogen (secondary N) is 2. The van der Waals surface area contributed by atoms with Crippen LogP contribution >= 0.6 is 11.6 Å². The van der Waals surface area contributed by atoms with Crippen molar-refractivity contribution in [3.8, 4) is 5.82 Å². The average Bonchev–Trinajstić information content (AvgIpc) is 3.16. The lowest BCUT2D eigenvalue weighted by Crippen LogP contribution is -2.29. The first-order valence-electron chi connectivity index (χ1n) is 7.80. The number of hydrogen-bond donors (Lipinski definition) is 2. The fraction of sp³-hybridized carbons (Fsp3) is 0.188. The summed E-state index contributed by atoms with van der Waals surface area (Å²) in [6, 6.07) is 10.1. The molecule has 0 bridgehead atoms. The van der Waals surface area contributed by atoms with Crippen molar-refractivity contribution in [2.24, 2.45) is 0 Å². The molecule has 0 saturated heterocycles. The number of anilines is 1. The molecule has 0 amide bonds. The predicted octanol–water partition coefficient (Wildman–Crippen LogP) is 2.01.